The topological polar surface area (TPSA) is 43.4 Å². The summed E-state index contributed by atoms with van der Waals surface area (Å²) >= 11 is 1.06. The van der Waals surface area contributed by atoms with Crippen LogP contribution in [0.4, 0.5) is 0 Å². The molecule has 0 N–H and O–H groups in total. The van der Waals surface area contributed by atoms with Crippen LogP contribution in [0.25, 0.3) is 10.7 Å². The molecule has 0 aromatic heterocycles. The number of thioether (sulfide) groups is 1. The summed E-state index contributed by atoms with van der Waals surface area (Å²) in [5.74, 6) is -0.125. The van der Waals surface area contributed by atoms with Crippen LogP contribution in [-0.4, -0.2) is 11.1 Å². The molecule has 0 saturated heterocycles. The third-order valence-electron chi connectivity index (χ3n) is 5.24. The number of rotatable bonds is 6. The second-order valence-electron chi connectivity index (χ2n) is 7.90. The van der Waals surface area contributed by atoms with Gasteiger partial charge < -0.3 is 4.74 Å². The highest BCUT2D eigenvalue weighted by Crippen LogP contribution is 2.38. The first-order chi connectivity index (χ1) is 16.5. The smallest absolute Gasteiger partial charge is 0.343 e. The Hall–Kier alpha value is -3.89. The van der Waals surface area contributed by atoms with Gasteiger partial charge in [-0.2, -0.15) is 0 Å². The van der Waals surface area contributed by atoms with E-state index >= 15 is 0 Å². The van der Waals surface area contributed by atoms with Crippen LogP contribution in [0.1, 0.15) is 43.0 Å². The number of hydrogen-bond donors (Lipinski definition) is 0. The average molecular weight is 465 g/mol. The van der Waals surface area contributed by atoms with Crippen LogP contribution in [0.15, 0.2) is 109 Å². The van der Waals surface area contributed by atoms with Crippen LogP contribution < -0.4 is 0 Å². The van der Waals surface area contributed by atoms with E-state index in [9.17, 15) is 9.59 Å². The fourth-order valence-electron chi connectivity index (χ4n) is 3.33. The number of benzene rings is 4. The van der Waals surface area contributed by atoms with Crippen molar-refractivity contribution in [2.24, 2.45) is 0 Å². The van der Waals surface area contributed by atoms with Gasteiger partial charge in [-0.15, -0.1) is 0 Å². The van der Waals surface area contributed by atoms with Gasteiger partial charge in [0.15, 0.2) is 5.76 Å². The maximum absolute atomic E-state index is 13.2. The average Bonchev–Trinajstić information content (AvgIpc) is 2.88. The maximum atomic E-state index is 13.2. The molecular formula is C30H24O3S. The van der Waals surface area contributed by atoms with Gasteiger partial charge in [-0.25, -0.2) is 4.79 Å². The lowest BCUT2D eigenvalue weighted by Gasteiger charge is -2.16. The molecule has 4 heteroatoms. The van der Waals surface area contributed by atoms with E-state index in [1.54, 1.807) is 36.4 Å². The number of carbonyl (C=O) groups excluding carboxylic acids is 2. The minimum absolute atomic E-state index is 0.128. The molecule has 0 atom stereocenters. The Balaban J connectivity index is 1.86. The predicted octanol–water partition coefficient (Wildman–Crippen LogP) is 7.56. The normalized spacial score (nSPS) is 11.5. The van der Waals surface area contributed by atoms with Crippen molar-refractivity contribution in [1.29, 1.82) is 0 Å². The summed E-state index contributed by atoms with van der Waals surface area (Å²) in [6.07, 6.45) is 0. The van der Waals surface area contributed by atoms with Gasteiger partial charge in [-0.1, -0.05) is 108 Å². The second kappa shape index (κ2) is 10.8. The molecule has 4 aromatic carbocycles. The fraction of sp³-hybridized carbons (Fsp3) is 0.0667. The van der Waals surface area contributed by atoms with Gasteiger partial charge in [0.1, 0.15) is 0 Å². The largest absolute Gasteiger partial charge is 0.421 e. The van der Waals surface area contributed by atoms with E-state index in [-0.39, 0.29) is 5.12 Å². The highest BCUT2D eigenvalue weighted by Gasteiger charge is 2.22. The Bertz CT molecular complexity index is 1200. The molecule has 0 fully saturated rings. The molecule has 168 valence electrons. The zero-order valence-corrected chi connectivity index (χ0v) is 19.8. The summed E-state index contributed by atoms with van der Waals surface area (Å²) in [7, 11) is 0. The summed E-state index contributed by atoms with van der Waals surface area (Å²) in [6, 6.07) is 33.5. The lowest BCUT2D eigenvalue weighted by atomic mass is 10.1. The first-order valence-corrected chi connectivity index (χ1v) is 11.8. The van der Waals surface area contributed by atoms with Crippen molar-refractivity contribution < 1.29 is 14.3 Å². The molecular weight excluding hydrogens is 440 g/mol. The van der Waals surface area contributed by atoms with Gasteiger partial charge >= 0.3 is 5.97 Å². The fourth-order valence-corrected chi connectivity index (χ4v) is 4.28. The van der Waals surface area contributed by atoms with E-state index in [4.69, 9.17) is 4.74 Å². The molecule has 0 aliphatic heterocycles. The lowest BCUT2D eigenvalue weighted by molar-refractivity contribution is 0.0693. The summed E-state index contributed by atoms with van der Waals surface area (Å²) in [5, 5.41) is -0.128. The third kappa shape index (κ3) is 5.72. The van der Waals surface area contributed by atoms with E-state index in [1.807, 2.05) is 86.6 Å². The molecule has 0 spiro atoms. The van der Waals surface area contributed by atoms with Crippen LogP contribution >= 0.6 is 11.8 Å². The van der Waals surface area contributed by atoms with E-state index in [2.05, 4.69) is 0 Å². The molecule has 3 nitrogen and oxygen atoms in total. The Morgan fingerprint density at radius 3 is 1.56 bits per heavy atom. The van der Waals surface area contributed by atoms with Crippen molar-refractivity contribution in [3.63, 3.8) is 0 Å². The summed E-state index contributed by atoms with van der Waals surface area (Å²) in [4.78, 5) is 26.9. The van der Waals surface area contributed by atoms with Crippen LogP contribution in [-0.2, 0) is 4.74 Å². The van der Waals surface area contributed by atoms with Crippen molar-refractivity contribution in [2.75, 3.05) is 0 Å². The van der Waals surface area contributed by atoms with Crippen LogP contribution in [0, 0.1) is 13.8 Å². The third-order valence-corrected chi connectivity index (χ3v) is 6.29. The minimum Gasteiger partial charge on any atom is -0.421 e. The van der Waals surface area contributed by atoms with Gasteiger partial charge in [0.25, 0.3) is 0 Å². The van der Waals surface area contributed by atoms with Gasteiger partial charge in [-0.3, -0.25) is 4.79 Å². The van der Waals surface area contributed by atoms with E-state index < -0.39 is 5.97 Å². The van der Waals surface area contributed by atoms with Crippen LogP contribution in [0.3, 0.4) is 0 Å². The van der Waals surface area contributed by atoms with Gasteiger partial charge in [0, 0.05) is 11.1 Å². The molecule has 0 radical (unpaired) electrons. The number of esters is 1. The molecule has 0 heterocycles. The highest BCUT2D eigenvalue weighted by molar-refractivity contribution is 8.22. The monoisotopic (exact) mass is 464 g/mol. The second-order valence-corrected chi connectivity index (χ2v) is 8.88. The SMILES string of the molecule is Cc1ccc(/C(OC(=O)c2ccccc2)=C(/SC(=O)c2ccccc2)c2ccc(C)cc2)cc1. The Labute approximate surface area is 204 Å². The predicted molar refractivity (Wildman–Crippen MR) is 139 cm³/mol. The Kier molecular flexibility index (Phi) is 7.41. The number of aryl methyl sites for hydroxylation is 2. The lowest BCUT2D eigenvalue weighted by Crippen LogP contribution is -2.07. The highest BCUT2D eigenvalue weighted by atomic mass is 32.2. The van der Waals surface area contributed by atoms with Crippen molar-refractivity contribution in [1.82, 2.24) is 0 Å². The number of hydrogen-bond acceptors (Lipinski definition) is 4. The first kappa shape index (κ1) is 23.3. The zero-order valence-electron chi connectivity index (χ0n) is 19.0. The number of ether oxygens (including phenoxy) is 1. The molecule has 34 heavy (non-hydrogen) atoms. The Morgan fingerprint density at radius 2 is 1.03 bits per heavy atom. The summed E-state index contributed by atoms with van der Waals surface area (Å²) in [5.41, 5.74) is 4.72. The van der Waals surface area contributed by atoms with Crippen molar-refractivity contribution in [2.45, 2.75) is 13.8 Å². The molecule has 0 unspecified atom stereocenters. The molecule has 0 amide bonds. The van der Waals surface area contributed by atoms with Gasteiger partial charge in [-0.05, 0) is 43.3 Å². The zero-order chi connectivity index (χ0) is 23.9. The van der Waals surface area contributed by atoms with Crippen LogP contribution in [0.2, 0.25) is 0 Å². The van der Waals surface area contributed by atoms with E-state index in [0.29, 0.717) is 21.8 Å². The van der Waals surface area contributed by atoms with Crippen molar-refractivity contribution in [3.05, 3.63) is 143 Å². The standard InChI is InChI=1S/C30H24O3S/c1-21-13-17-23(18-14-21)27(33-29(31)25-9-5-3-6-10-25)28(24-19-15-22(2)16-20-24)34-30(32)26-11-7-4-8-12-26/h3-20H,1-2H3/b28-27-. The maximum Gasteiger partial charge on any atom is 0.343 e. The first-order valence-electron chi connectivity index (χ1n) is 10.9. The summed E-state index contributed by atoms with van der Waals surface area (Å²) < 4.78 is 6.01. The van der Waals surface area contributed by atoms with E-state index in [1.165, 1.54) is 0 Å². The number of carbonyl (C=O) groups is 2. The Morgan fingerprint density at radius 1 is 0.559 bits per heavy atom. The summed E-state index contributed by atoms with van der Waals surface area (Å²) in [6.45, 7) is 4.00. The molecule has 0 aliphatic rings. The molecule has 0 aliphatic carbocycles. The molecule has 4 rings (SSSR count). The quantitative estimate of drug-likeness (QED) is 0.168. The van der Waals surface area contributed by atoms with Gasteiger partial charge in [0.05, 0.1) is 10.5 Å². The molecule has 0 saturated carbocycles. The minimum atomic E-state index is -0.478. The van der Waals surface area contributed by atoms with Crippen molar-refractivity contribution in [3.8, 4) is 0 Å². The molecule has 4 aromatic rings. The van der Waals surface area contributed by atoms with E-state index in [0.717, 1.165) is 34.0 Å². The van der Waals surface area contributed by atoms with Gasteiger partial charge in [0.2, 0.25) is 5.12 Å². The van der Waals surface area contributed by atoms with Crippen LogP contribution in [0.5, 0.6) is 0 Å². The molecule has 0 bridgehead atoms. The van der Waals surface area contributed by atoms with Crippen molar-refractivity contribution >= 4 is 33.5 Å².